The largest absolute Gasteiger partial charge is 0.336 e. The predicted octanol–water partition coefficient (Wildman–Crippen LogP) is 2.68. The van der Waals surface area contributed by atoms with Crippen molar-refractivity contribution in [3.8, 4) is 0 Å². The molecule has 8 heteroatoms. The van der Waals surface area contributed by atoms with Crippen molar-refractivity contribution in [3.63, 3.8) is 0 Å². The van der Waals surface area contributed by atoms with E-state index in [0.717, 1.165) is 19.6 Å². The van der Waals surface area contributed by atoms with Crippen molar-refractivity contribution in [1.29, 1.82) is 0 Å². The highest BCUT2D eigenvalue weighted by Crippen LogP contribution is 2.33. The van der Waals surface area contributed by atoms with Crippen LogP contribution < -0.4 is 0 Å². The van der Waals surface area contributed by atoms with E-state index < -0.39 is 4.92 Å². The minimum absolute atomic E-state index is 0.0152. The van der Waals surface area contributed by atoms with Crippen LogP contribution in [-0.2, 0) is 0 Å². The zero-order chi connectivity index (χ0) is 15.6. The van der Waals surface area contributed by atoms with E-state index in [1.165, 1.54) is 12.1 Å². The highest BCUT2D eigenvalue weighted by atomic mass is 35.5. The van der Waals surface area contributed by atoms with E-state index in [9.17, 15) is 14.9 Å². The Kier molecular flexibility index (Phi) is 5.03. The van der Waals surface area contributed by atoms with E-state index >= 15 is 0 Å². The number of piperazine rings is 1. The summed E-state index contributed by atoms with van der Waals surface area (Å²) in [6, 6.07) is 2.56. The summed E-state index contributed by atoms with van der Waals surface area (Å²) in [6.07, 6.45) is 0. The fourth-order valence-corrected chi connectivity index (χ4v) is 2.67. The second-order valence-electron chi connectivity index (χ2n) is 4.77. The molecule has 1 heterocycles. The van der Waals surface area contributed by atoms with Crippen LogP contribution in [0.15, 0.2) is 12.1 Å². The second-order valence-corrected chi connectivity index (χ2v) is 5.56. The zero-order valence-electron chi connectivity index (χ0n) is 11.5. The summed E-state index contributed by atoms with van der Waals surface area (Å²) in [4.78, 5) is 26.6. The molecule has 1 aliphatic heterocycles. The lowest BCUT2D eigenvalue weighted by molar-refractivity contribution is -0.384. The lowest BCUT2D eigenvalue weighted by atomic mass is 10.1. The van der Waals surface area contributed by atoms with Gasteiger partial charge in [0.25, 0.3) is 11.6 Å². The SMILES string of the molecule is CCN1CCN(C(=O)c2cc(Cl)c(Cl)c([N+](=O)[O-])c2)CC1. The van der Waals surface area contributed by atoms with E-state index in [1.54, 1.807) is 4.90 Å². The van der Waals surface area contributed by atoms with Crippen LogP contribution >= 0.6 is 23.2 Å². The molecule has 0 saturated carbocycles. The molecular weight excluding hydrogens is 317 g/mol. The highest BCUT2D eigenvalue weighted by molar-refractivity contribution is 6.43. The van der Waals surface area contributed by atoms with Crippen LogP contribution in [0.5, 0.6) is 0 Å². The van der Waals surface area contributed by atoms with E-state index in [-0.39, 0.29) is 27.2 Å². The Hall–Kier alpha value is -1.37. The maximum atomic E-state index is 12.4. The summed E-state index contributed by atoms with van der Waals surface area (Å²) >= 11 is 11.7. The molecule has 6 nitrogen and oxygen atoms in total. The number of halogens is 2. The van der Waals surface area contributed by atoms with Gasteiger partial charge in [-0.2, -0.15) is 0 Å². The number of benzene rings is 1. The molecule has 0 aromatic heterocycles. The lowest BCUT2D eigenvalue weighted by Gasteiger charge is -2.34. The van der Waals surface area contributed by atoms with Gasteiger partial charge in [-0.05, 0) is 12.6 Å². The van der Waals surface area contributed by atoms with Crippen molar-refractivity contribution in [2.75, 3.05) is 32.7 Å². The van der Waals surface area contributed by atoms with Crippen molar-refractivity contribution >= 4 is 34.8 Å². The summed E-state index contributed by atoms with van der Waals surface area (Å²) in [5, 5.41) is 10.8. The van der Waals surface area contributed by atoms with Crippen molar-refractivity contribution in [3.05, 3.63) is 37.9 Å². The number of carbonyl (C=O) groups excluding carboxylic acids is 1. The molecule has 1 saturated heterocycles. The molecule has 1 aromatic carbocycles. The number of amides is 1. The number of nitro benzene ring substituents is 1. The normalized spacial score (nSPS) is 16.0. The van der Waals surface area contributed by atoms with Crippen LogP contribution in [0.1, 0.15) is 17.3 Å². The average Bonchev–Trinajstić information content (AvgIpc) is 2.49. The van der Waals surface area contributed by atoms with Gasteiger partial charge >= 0.3 is 0 Å². The molecule has 0 radical (unpaired) electrons. The highest BCUT2D eigenvalue weighted by Gasteiger charge is 2.25. The maximum Gasteiger partial charge on any atom is 0.290 e. The van der Waals surface area contributed by atoms with Gasteiger partial charge in [-0.1, -0.05) is 30.1 Å². The number of rotatable bonds is 3. The number of hydrogen-bond acceptors (Lipinski definition) is 4. The summed E-state index contributed by atoms with van der Waals surface area (Å²) in [5.41, 5.74) is -0.152. The van der Waals surface area contributed by atoms with Gasteiger partial charge in [-0.25, -0.2) is 0 Å². The summed E-state index contributed by atoms with van der Waals surface area (Å²) in [6.45, 7) is 5.80. The van der Waals surface area contributed by atoms with Crippen molar-refractivity contribution in [2.45, 2.75) is 6.92 Å². The Bertz CT molecular complexity index is 572. The Morgan fingerprint density at radius 3 is 2.43 bits per heavy atom. The minimum Gasteiger partial charge on any atom is -0.336 e. The van der Waals surface area contributed by atoms with Crippen molar-refractivity contribution in [2.24, 2.45) is 0 Å². The molecular formula is C13H15Cl2N3O3. The van der Waals surface area contributed by atoms with E-state index in [4.69, 9.17) is 23.2 Å². The molecule has 21 heavy (non-hydrogen) atoms. The molecule has 1 amide bonds. The minimum atomic E-state index is -0.639. The van der Waals surface area contributed by atoms with Crippen LogP contribution in [0.3, 0.4) is 0 Å². The van der Waals surface area contributed by atoms with Crippen molar-refractivity contribution < 1.29 is 9.72 Å². The Morgan fingerprint density at radius 2 is 1.90 bits per heavy atom. The standard InChI is InChI=1S/C13H15Cl2N3O3/c1-2-16-3-5-17(6-4-16)13(19)9-7-10(14)12(15)11(8-9)18(20)21/h7-8H,2-6H2,1H3. The van der Waals surface area contributed by atoms with Gasteiger partial charge in [0, 0.05) is 37.8 Å². The van der Waals surface area contributed by atoms with Crippen LogP contribution in [0.25, 0.3) is 0 Å². The molecule has 0 spiro atoms. The molecule has 1 aliphatic rings. The van der Waals surface area contributed by atoms with Crippen LogP contribution in [0, 0.1) is 10.1 Å². The van der Waals surface area contributed by atoms with Gasteiger partial charge in [-0.15, -0.1) is 0 Å². The Labute approximate surface area is 132 Å². The van der Waals surface area contributed by atoms with Gasteiger partial charge in [0.05, 0.1) is 9.95 Å². The third kappa shape index (κ3) is 3.45. The quantitative estimate of drug-likeness (QED) is 0.630. The molecule has 1 fully saturated rings. The van der Waals surface area contributed by atoms with Gasteiger partial charge in [0.15, 0.2) is 0 Å². The summed E-state index contributed by atoms with van der Waals surface area (Å²) < 4.78 is 0. The maximum absolute atomic E-state index is 12.4. The molecule has 1 aromatic rings. The third-order valence-corrected chi connectivity index (χ3v) is 4.35. The second kappa shape index (κ2) is 6.60. The van der Waals surface area contributed by atoms with Gasteiger partial charge in [0.2, 0.25) is 0 Å². The first-order chi connectivity index (χ1) is 9.93. The van der Waals surface area contributed by atoms with Crippen LogP contribution in [0.4, 0.5) is 5.69 Å². The Balaban J connectivity index is 2.22. The molecule has 0 N–H and O–H groups in total. The van der Waals surface area contributed by atoms with Crippen molar-refractivity contribution in [1.82, 2.24) is 9.80 Å². The molecule has 2 rings (SSSR count). The lowest BCUT2D eigenvalue weighted by Crippen LogP contribution is -2.48. The number of hydrogen-bond donors (Lipinski definition) is 0. The van der Waals surface area contributed by atoms with E-state index in [2.05, 4.69) is 11.8 Å². The molecule has 0 bridgehead atoms. The molecule has 0 aliphatic carbocycles. The molecule has 0 atom stereocenters. The summed E-state index contributed by atoms with van der Waals surface area (Å²) in [5.74, 6) is -0.257. The Morgan fingerprint density at radius 1 is 1.29 bits per heavy atom. The van der Waals surface area contributed by atoms with Gasteiger partial charge < -0.3 is 9.80 Å². The number of likely N-dealkylation sites (N-methyl/N-ethyl adjacent to an activating group) is 1. The fraction of sp³-hybridized carbons (Fsp3) is 0.462. The van der Waals surface area contributed by atoms with Crippen LogP contribution in [-0.4, -0.2) is 53.4 Å². The molecule has 0 unspecified atom stereocenters. The van der Waals surface area contributed by atoms with Crippen LogP contribution in [0.2, 0.25) is 10.0 Å². The topological polar surface area (TPSA) is 66.7 Å². The number of nitro groups is 1. The predicted molar refractivity (Wildman–Crippen MR) is 81.1 cm³/mol. The van der Waals surface area contributed by atoms with E-state index in [0.29, 0.717) is 13.1 Å². The number of nitrogens with zero attached hydrogens (tertiary/aromatic N) is 3. The average molecular weight is 332 g/mol. The zero-order valence-corrected chi connectivity index (χ0v) is 13.0. The first-order valence-corrected chi connectivity index (χ1v) is 7.34. The van der Waals surface area contributed by atoms with E-state index in [1.807, 2.05) is 0 Å². The molecule has 114 valence electrons. The smallest absolute Gasteiger partial charge is 0.290 e. The number of carbonyl (C=O) groups is 1. The third-order valence-electron chi connectivity index (χ3n) is 3.56. The van der Waals surface area contributed by atoms with Gasteiger partial charge in [-0.3, -0.25) is 14.9 Å². The fourth-order valence-electron chi connectivity index (χ4n) is 2.28. The first kappa shape index (κ1) is 16.0. The monoisotopic (exact) mass is 331 g/mol. The van der Waals surface area contributed by atoms with Gasteiger partial charge in [0.1, 0.15) is 5.02 Å². The summed E-state index contributed by atoms with van der Waals surface area (Å²) in [7, 11) is 0. The first-order valence-electron chi connectivity index (χ1n) is 6.59.